The Morgan fingerprint density at radius 3 is 2.86 bits per heavy atom. The maximum absolute atomic E-state index is 6.15. The predicted molar refractivity (Wildman–Crippen MR) is 87.2 cm³/mol. The van der Waals surface area contributed by atoms with Crippen LogP contribution in [0.1, 0.15) is 38.0 Å². The highest BCUT2D eigenvalue weighted by Gasteiger charge is 2.25. The number of furan rings is 1. The van der Waals surface area contributed by atoms with Crippen molar-refractivity contribution in [2.45, 2.75) is 45.8 Å². The number of hydrogen-bond acceptors (Lipinski definition) is 3. The smallest absolute Gasteiger partial charge is 0.134 e. The summed E-state index contributed by atoms with van der Waals surface area (Å²) in [6.07, 6.45) is 2.59. The number of nitrogens with zero attached hydrogens (tertiary/aromatic N) is 1. The fraction of sp³-hybridized carbons (Fsp3) is 0.556. The number of rotatable bonds is 4. The van der Waals surface area contributed by atoms with Gasteiger partial charge in [0.05, 0.1) is 6.54 Å². The Labute approximate surface area is 127 Å². The van der Waals surface area contributed by atoms with E-state index in [2.05, 4.69) is 42.3 Å². The molecule has 0 aliphatic carbocycles. The third kappa shape index (κ3) is 2.99. The Morgan fingerprint density at radius 1 is 1.29 bits per heavy atom. The number of benzene rings is 1. The summed E-state index contributed by atoms with van der Waals surface area (Å²) in [6, 6.07) is 9.01. The van der Waals surface area contributed by atoms with Crippen LogP contribution in [0.25, 0.3) is 11.0 Å². The highest BCUT2D eigenvalue weighted by molar-refractivity contribution is 5.82. The molecule has 0 spiro atoms. The third-order valence-corrected chi connectivity index (χ3v) is 4.76. The van der Waals surface area contributed by atoms with Gasteiger partial charge in [0, 0.05) is 23.5 Å². The second-order valence-electron chi connectivity index (χ2n) is 6.48. The summed E-state index contributed by atoms with van der Waals surface area (Å²) in [5.41, 5.74) is 2.33. The first-order chi connectivity index (χ1) is 10.2. The van der Waals surface area contributed by atoms with Gasteiger partial charge in [-0.15, -0.1) is 0 Å². The van der Waals surface area contributed by atoms with Gasteiger partial charge in [0.15, 0.2) is 0 Å². The first kappa shape index (κ1) is 14.6. The van der Waals surface area contributed by atoms with Crippen LogP contribution >= 0.6 is 0 Å². The quantitative estimate of drug-likeness (QED) is 0.927. The summed E-state index contributed by atoms with van der Waals surface area (Å²) < 4.78 is 6.15. The van der Waals surface area contributed by atoms with E-state index in [9.17, 15) is 0 Å². The Morgan fingerprint density at radius 2 is 2.10 bits per heavy atom. The van der Waals surface area contributed by atoms with Crippen molar-refractivity contribution in [2.24, 2.45) is 5.92 Å². The van der Waals surface area contributed by atoms with E-state index in [4.69, 9.17) is 4.42 Å². The van der Waals surface area contributed by atoms with Crippen LogP contribution < -0.4 is 5.32 Å². The number of likely N-dealkylation sites (tertiary alicyclic amines) is 1. The van der Waals surface area contributed by atoms with Crippen LogP contribution in [0.15, 0.2) is 28.7 Å². The van der Waals surface area contributed by atoms with Crippen molar-refractivity contribution in [2.75, 3.05) is 13.6 Å². The van der Waals surface area contributed by atoms with Crippen molar-refractivity contribution >= 4 is 11.0 Å². The highest BCUT2D eigenvalue weighted by Crippen LogP contribution is 2.29. The van der Waals surface area contributed by atoms with Crippen LogP contribution in [0.2, 0.25) is 0 Å². The average Bonchev–Trinajstić information content (AvgIpc) is 2.81. The predicted octanol–water partition coefficient (Wildman–Crippen LogP) is 3.77. The first-order valence-electron chi connectivity index (χ1n) is 8.07. The zero-order chi connectivity index (χ0) is 14.8. The Balaban J connectivity index is 1.87. The second-order valence-corrected chi connectivity index (χ2v) is 6.48. The number of para-hydroxylation sites is 1. The minimum Gasteiger partial charge on any atom is -0.459 e. The van der Waals surface area contributed by atoms with Crippen LogP contribution in [0.4, 0.5) is 0 Å². The lowest BCUT2D eigenvalue weighted by molar-refractivity contribution is 0.114. The van der Waals surface area contributed by atoms with E-state index in [1.165, 1.54) is 30.3 Å². The molecule has 114 valence electrons. The fourth-order valence-corrected chi connectivity index (χ4v) is 3.52. The number of hydrogen-bond donors (Lipinski definition) is 1. The molecule has 0 bridgehead atoms. The van der Waals surface area contributed by atoms with Gasteiger partial charge in [-0.1, -0.05) is 25.1 Å². The molecule has 3 rings (SSSR count). The number of fused-ring (bicyclic) bond motifs is 1. The molecular formula is C18H26N2O. The largest absolute Gasteiger partial charge is 0.459 e. The van der Waals surface area contributed by atoms with E-state index < -0.39 is 0 Å². The Hall–Kier alpha value is -1.32. The van der Waals surface area contributed by atoms with Gasteiger partial charge in [0.1, 0.15) is 11.3 Å². The molecule has 1 aromatic carbocycles. The molecule has 2 aromatic rings. The summed E-state index contributed by atoms with van der Waals surface area (Å²) in [4.78, 5) is 2.57. The fourth-order valence-electron chi connectivity index (χ4n) is 3.52. The minimum atomic E-state index is 0.643. The summed E-state index contributed by atoms with van der Waals surface area (Å²) in [5.74, 6) is 1.98. The second kappa shape index (κ2) is 6.20. The van der Waals surface area contributed by atoms with E-state index in [0.717, 1.165) is 30.4 Å². The zero-order valence-electron chi connectivity index (χ0n) is 13.4. The van der Waals surface area contributed by atoms with Gasteiger partial charge in [-0.3, -0.25) is 4.90 Å². The first-order valence-corrected chi connectivity index (χ1v) is 8.07. The van der Waals surface area contributed by atoms with Crippen LogP contribution in [0.5, 0.6) is 0 Å². The molecule has 0 saturated carbocycles. The molecule has 2 unspecified atom stereocenters. The molecule has 2 atom stereocenters. The number of piperidine rings is 1. The molecule has 1 aliphatic rings. The molecule has 1 saturated heterocycles. The maximum atomic E-state index is 6.15. The van der Waals surface area contributed by atoms with Gasteiger partial charge < -0.3 is 9.73 Å². The normalized spacial score (nSPS) is 23.8. The average molecular weight is 286 g/mol. The van der Waals surface area contributed by atoms with Gasteiger partial charge in [-0.05, 0) is 45.3 Å². The Kier molecular flexibility index (Phi) is 4.32. The van der Waals surface area contributed by atoms with Gasteiger partial charge in [-0.25, -0.2) is 0 Å². The van der Waals surface area contributed by atoms with Gasteiger partial charge in [0.2, 0.25) is 0 Å². The molecule has 1 fully saturated rings. The zero-order valence-corrected chi connectivity index (χ0v) is 13.4. The van der Waals surface area contributed by atoms with E-state index in [1.54, 1.807) is 0 Å². The van der Waals surface area contributed by atoms with Gasteiger partial charge in [-0.2, -0.15) is 0 Å². The van der Waals surface area contributed by atoms with Crippen LogP contribution in [-0.2, 0) is 13.1 Å². The molecule has 0 radical (unpaired) electrons. The van der Waals surface area contributed by atoms with Crippen LogP contribution in [0, 0.1) is 5.92 Å². The minimum absolute atomic E-state index is 0.643. The topological polar surface area (TPSA) is 28.4 Å². The summed E-state index contributed by atoms with van der Waals surface area (Å²) in [7, 11) is 2.00. The van der Waals surface area contributed by atoms with E-state index in [0.29, 0.717) is 6.04 Å². The van der Waals surface area contributed by atoms with Crippen molar-refractivity contribution in [3.05, 3.63) is 35.6 Å². The van der Waals surface area contributed by atoms with Crippen molar-refractivity contribution in [1.82, 2.24) is 10.2 Å². The van der Waals surface area contributed by atoms with E-state index >= 15 is 0 Å². The molecule has 21 heavy (non-hydrogen) atoms. The van der Waals surface area contributed by atoms with Crippen molar-refractivity contribution < 1.29 is 4.42 Å². The molecule has 1 aliphatic heterocycles. The maximum Gasteiger partial charge on any atom is 0.134 e. The van der Waals surface area contributed by atoms with E-state index in [1.807, 2.05) is 13.1 Å². The highest BCUT2D eigenvalue weighted by atomic mass is 16.3. The standard InChI is InChI=1S/C18H26N2O/c1-13-8-9-20(14(2)10-13)12-18-16(11-19-3)15-6-4-5-7-17(15)21-18/h4-7,13-14,19H,8-12H2,1-3H3. The summed E-state index contributed by atoms with van der Waals surface area (Å²) in [6.45, 7) is 7.68. The lowest BCUT2D eigenvalue weighted by Crippen LogP contribution is -2.39. The molecule has 2 heterocycles. The van der Waals surface area contributed by atoms with Crippen LogP contribution in [0.3, 0.4) is 0 Å². The SMILES string of the molecule is CNCc1c(CN2CCC(C)CC2C)oc2ccccc12. The monoisotopic (exact) mass is 286 g/mol. The number of nitrogens with one attached hydrogen (secondary N) is 1. The summed E-state index contributed by atoms with van der Waals surface area (Å²) in [5, 5.41) is 4.53. The Bertz CT molecular complexity index is 604. The van der Waals surface area contributed by atoms with Gasteiger partial charge >= 0.3 is 0 Å². The molecule has 0 amide bonds. The van der Waals surface area contributed by atoms with Crippen molar-refractivity contribution in [3.8, 4) is 0 Å². The molecule has 3 nitrogen and oxygen atoms in total. The third-order valence-electron chi connectivity index (χ3n) is 4.76. The molecule has 1 N–H and O–H groups in total. The molecular weight excluding hydrogens is 260 g/mol. The molecule has 1 aromatic heterocycles. The lowest BCUT2D eigenvalue weighted by Gasteiger charge is -2.36. The van der Waals surface area contributed by atoms with Crippen molar-refractivity contribution in [3.63, 3.8) is 0 Å². The lowest BCUT2D eigenvalue weighted by atomic mass is 9.93. The van der Waals surface area contributed by atoms with Crippen molar-refractivity contribution in [1.29, 1.82) is 0 Å². The summed E-state index contributed by atoms with van der Waals surface area (Å²) >= 11 is 0. The van der Waals surface area contributed by atoms with Crippen LogP contribution in [-0.4, -0.2) is 24.5 Å². The van der Waals surface area contributed by atoms with Gasteiger partial charge in [0.25, 0.3) is 0 Å². The van der Waals surface area contributed by atoms with E-state index in [-0.39, 0.29) is 0 Å². The molecule has 3 heteroatoms.